The zero-order valence-corrected chi connectivity index (χ0v) is 11.2. The van der Waals surface area contributed by atoms with Gasteiger partial charge < -0.3 is 10.1 Å². The Kier molecular flexibility index (Phi) is 3.79. The van der Waals surface area contributed by atoms with Crippen LogP contribution in [-0.4, -0.2) is 28.7 Å². The molecule has 0 atom stereocenters. The first-order valence-corrected chi connectivity index (χ1v) is 5.89. The van der Waals surface area contributed by atoms with Crippen LogP contribution in [0.15, 0.2) is 29.2 Å². The van der Waals surface area contributed by atoms with Crippen molar-refractivity contribution in [3.05, 3.63) is 46.1 Å². The number of rotatable bonds is 4. The fourth-order valence-electron chi connectivity index (χ4n) is 1.78. The summed E-state index contributed by atoms with van der Waals surface area (Å²) < 4.78 is 6.60. The van der Waals surface area contributed by atoms with E-state index in [1.165, 1.54) is 17.7 Å². The fraction of sp³-hybridized carbons (Fsp3) is 0.308. The van der Waals surface area contributed by atoms with Gasteiger partial charge in [0.1, 0.15) is 0 Å². The summed E-state index contributed by atoms with van der Waals surface area (Å²) in [5.41, 5.74) is 2.19. The summed E-state index contributed by atoms with van der Waals surface area (Å²) in [4.78, 5) is 20.4. The topological polar surface area (TPSA) is 69.0 Å². The number of nitrogens with one attached hydrogen (secondary N) is 1. The van der Waals surface area contributed by atoms with Crippen LogP contribution in [0.5, 0.6) is 6.01 Å². The molecule has 0 fully saturated rings. The van der Waals surface area contributed by atoms with Crippen molar-refractivity contribution in [3.63, 3.8) is 0 Å². The minimum Gasteiger partial charge on any atom is -0.468 e. The molecule has 0 aliphatic heterocycles. The second-order valence-electron chi connectivity index (χ2n) is 4.09. The lowest BCUT2D eigenvalue weighted by Gasteiger charge is -2.11. The monoisotopic (exact) mass is 260 g/mol. The average Bonchev–Trinajstić information content (AvgIpc) is 2.41. The van der Waals surface area contributed by atoms with Crippen LogP contribution >= 0.6 is 0 Å². The molecule has 6 nitrogen and oxygen atoms in total. The Balaban J connectivity index is 2.40. The van der Waals surface area contributed by atoms with E-state index in [1.807, 2.05) is 19.2 Å². The molecule has 100 valence electrons. The van der Waals surface area contributed by atoms with Crippen LogP contribution in [-0.2, 0) is 6.54 Å². The molecular weight excluding hydrogens is 244 g/mol. The van der Waals surface area contributed by atoms with Gasteiger partial charge in [0.05, 0.1) is 19.3 Å². The molecule has 1 N–H and O–H groups in total. The molecule has 2 heterocycles. The summed E-state index contributed by atoms with van der Waals surface area (Å²) in [6, 6.07) is 5.51. The van der Waals surface area contributed by atoms with Crippen molar-refractivity contribution in [1.82, 2.24) is 14.5 Å². The third-order valence-electron chi connectivity index (χ3n) is 2.71. The van der Waals surface area contributed by atoms with Crippen LogP contribution in [0, 0.1) is 6.92 Å². The number of nitrogens with zero attached hydrogens (tertiary/aromatic N) is 3. The van der Waals surface area contributed by atoms with Gasteiger partial charge in [-0.2, -0.15) is 0 Å². The highest BCUT2D eigenvalue weighted by atomic mass is 16.5. The predicted octanol–water partition coefficient (Wildman–Crippen LogP) is 1.05. The molecule has 0 radical (unpaired) electrons. The molecule has 0 bridgehead atoms. The number of methoxy groups -OCH3 is 1. The van der Waals surface area contributed by atoms with E-state index < -0.39 is 0 Å². The highest BCUT2D eigenvalue weighted by Gasteiger charge is 2.08. The van der Waals surface area contributed by atoms with Crippen LogP contribution in [0.2, 0.25) is 0 Å². The third kappa shape index (κ3) is 2.90. The van der Waals surface area contributed by atoms with Gasteiger partial charge in [-0.15, -0.1) is 0 Å². The summed E-state index contributed by atoms with van der Waals surface area (Å²) in [5.74, 6) is 0. The van der Waals surface area contributed by atoms with E-state index in [0.717, 1.165) is 11.4 Å². The Hall–Kier alpha value is -2.37. The van der Waals surface area contributed by atoms with E-state index in [1.54, 1.807) is 13.1 Å². The summed E-state index contributed by atoms with van der Waals surface area (Å²) >= 11 is 0. The molecule has 0 saturated carbocycles. The number of anilines is 1. The van der Waals surface area contributed by atoms with Gasteiger partial charge in [0.15, 0.2) is 0 Å². The third-order valence-corrected chi connectivity index (χ3v) is 2.71. The first kappa shape index (κ1) is 13.1. The molecule has 0 aliphatic carbocycles. The lowest BCUT2D eigenvalue weighted by Crippen LogP contribution is -2.23. The fourth-order valence-corrected chi connectivity index (χ4v) is 1.78. The summed E-state index contributed by atoms with van der Waals surface area (Å²) in [6.07, 6.45) is 1.69. The highest BCUT2D eigenvalue weighted by molar-refractivity contribution is 5.42. The average molecular weight is 260 g/mol. The molecule has 0 aromatic carbocycles. The van der Waals surface area contributed by atoms with Gasteiger partial charge in [0.25, 0.3) is 11.6 Å². The van der Waals surface area contributed by atoms with Crippen molar-refractivity contribution in [2.75, 3.05) is 19.5 Å². The number of pyridine rings is 1. The van der Waals surface area contributed by atoms with E-state index in [2.05, 4.69) is 15.3 Å². The first-order chi connectivity index (χ1) is 9.13. The minimum absolute atomic E-state index is 0.152. The van der Waals surface area contributed by atoms with Crippen LogP contribution in [0.4, 0.5) is 5.69 Å². The molecular formula is C13H16N4O2. The zero-order valence-electron chi connectivity index (χ0n) is 11.2. The van der Waals surface area contributed by atoms with Crippen LogP contribution < -0.4 is 15.6 Å². The predicted molar refractivity (Wildman–Crippen MR) is 72.7 cm³/mol. The smallest absolute Gasteiger partial charge is 0.299 e. The van der Waals surface area contributed by atoms with Crippen LogP contribution in [0.25, 0.3) is 0 Å². The van der Waals surface area contributed by atoms with Gasteiger partial charge in [0, 0.05) is 30.7 Å². The molecule has 0 saturated heterocycles. The Morgan fingerprint density at radius 1 is 1.42 bits per heavy atom. The normalized spacial score (nSPS) is 10.3. The van der Waals surface area contributed by atoms with E-state index in [0.29, 0.717) is 18.2 Å². The van der Waals surface area contributed by atoms with Crippen molar-refractivity contribution in [2.45, 2.75) is 13.5 Å². The van der Waals surface area contributed by atoms with Crippen LogP contribution in [0.1, 0.15) is 11.4 Å². The van der Waals surface area contributed by atoms with Crippen molar-refractivity contribution >= 4 is 5.69 Å². The van der Waals surface area contributed by atoms with Gasteiger partial charge in [-0.25, -0.2) is 4.98 Å². The summed E-state index contributed by atoms with van der Waals surface area (Å²) in [7, 11) is 3.33. The van der Waals surface area contributed by atoms with Gasteiger partial charge in [0.2, 0.25) is 0 Å². The van der Waals surface area contributed by atoms with E-state index in [4.69, 9.17) is 4.74 Å². The molecule has 0 spiro atoms. The number of ether oxygens (including phenoxy) is 1. The molecule has 6 heteroatoms. The molecule has 0 amide bonds. The Labute approximate surface area is 111 Å². The molecule has 19 heavy (non-hydrogen) atoms. The van der Waals surface area contributed by atoms with E-state index in [9.17, 15) is 4.79 Å². The Morgan fingerprint density at radius 3 is 2.89 bits per heavy atom. The number of hydrogen-bond donors (Lipinski definition) is 1. The standard InChI is InChI=1S/C13H16N4O2/c1-9-6-12(18)17(13(16-9)19-3)8-11-7-10(14-2)4-5-15-11/h4-7H,8H2,1-3H3,(H,14,15). The zero-order chi connectivity index (χ0) is 13.8. The maximum absolute atomic E-state index is 12.0. The largest absolute Gasteiger partial charge is 0.468 e. The quantitative estimate of drug-likeness (QED) is 0.889. The lowest BCUT2D eigenvalue weighted by molar-refractivity contribution is 0.349. The van der Waals surface area contributed by atoms with E-state index >= 15 is 0 Å². The molecule has 2 aromatic heterocycles. The molecule has 0 unspecified atom stereocenters. The van der Waals surface area contributed by atoms with Crippen molar-refractivity contribution < 1.29 is 4.74 Å². The molecule has 2 aromatic rings. The molecule has 2 rings (SSSR count). The van der Waals surface area contributed by atoms with Gasteiger partial charge >= 0.3 is 0 Å². The molecule has 0 aliphatic rings. The summed E-state index contributed by atoms with van der Waals surface area (Å²) in [6.45, 7) is 2.08. The van der Waals surface area contributed by atoms with Crippen molar-refractivity contribution in [1.29, 1.82) is 0 Å². The second kappa shape index (κ2) is 5.51. The minimum atomic E-state index is -0.152. The number of aryl methyl sites for hydroxylation is 1. The van der Waals surface area contributed by atoms with E-state index in [-0.39, 0.29) is 5.56 Å². The maximum Gasteiger partial charge on any atom is 0.299 e. The number of aromatic nitrogens is 3. The highest BCUT2D eigenvalue weighted by Crippen LogP contribution is 2.11. The van der Waals surface area contributed by atoms with Gasteiger partial charge in [-0.05, 0) is 19.1 Å². The van der Waals surface area contributed by atoms with Gasteiger partial charge in [-0.1, -0.05) is 0 Å². The Bertz CT molecular complexity index is 637. The Morgan fingerprint density at radius 2 is 2.21 bits per heavy atom. The maximum atomic E-state index is 12.0. The summed E-state index contributed by atoms with van der Waals surface area (Å²) in [5, 5.41) is 3.03. The lowest BCUT2D eigenvalue weighted by atomic mass is 10.3. The van der Waals surface area contributed by atoms with Gasteiger partial charge in [-0.3, -0.25) is 14.3 Å². The SMILES string of the molecule is CNc1ccnc(Cn2c(OC)nc(C)cc2=O)c1. The van der Waals surface area contributed by atoms with Crippen LogP contribution in [0.3, 0.4) is 0 Å². The first-order valence-electron chi connectivity index (χ1n) is 5.89. The van der Waals surface area contributed by atoms with Crippen molar-refractivity contribution in [3.8, 4) is 6.01 Å². The van der Waals surface area contributed by atoms with Crippen molar-refractivity contribution in [2.24, 2.45) is 0 Å². The number of hydrogen-bond acceptors (Lipinski definition) is 5. The second-order valence-corrected chi connectivity index (χ2v) is 4.09.